The average Bonchev–Trinajstić information content (AvgIpc) is 2.98. The fourth-order valence-corrected chi connectivity index (χ4v) is 3.78. The number of guanidine groups is 1. The van der Waals surface area contributed by atoms with E-state index in [0.29, 0.717) is 6.54 Å². The molecule has 0 amide bonds. The number of aliphatic imine (C=N–C) groups is 1. The SMILES string of the molecule is CCNC(=NCCc1sc(C)nc1C)NC(C)c1cc(OC)ccc1OC.I. The molecule has 0 fully saturated rings. The fourth-order valence-electron chi connectivity index (χ4n) is 2.86. The van der Waals surface area contributed by atoms with E-state index in [0.717, 1.165) is 46.7 Å². The summed E-state index contributed by atoms with van der Waals surface area (Å²) < 4.78 is 10.9. The molecular formula is C20H31IN4O2S. The van der Waals surface area contributed by atoms with E-state index in [-0.39, 0.29) is 30.0 Å². The van der Waals surface area contributed by atoms with Crippen molar-refractivity contribution in [3.8, 4) is 11.5 Å². The summed E-state index contributed by atoms with van der Waals surface area (Å²) in [5.41, 5.74) is 2.14. The van der Waals surface area contributed by atoms with Gasteiger partial charge in [-0.15, -0.1) is 35.3 Å². The first-order chi connectivity index (χ1) is 13.0. The lowest BCUT2D eigenvalue weighted by atomic mass is 10.1. The van der Waals surface area contributed by atoms with E-state index in [4.69, 9.17) is 14.5 Å². The molecule has 28 heavy (non-hydrogen) atoms. The van der Waals surface area contributed by atoms with Gasteiger partial charge in [0.2, 0.25) is 0 Å². The molecule has 2 N–H and O–H groups in total. The Bertz CT molecular complexity index is 780. The molecule has 0 aliphatic rings. The molecule has 1 aromatic carbocycles. The van der Waals surface area contributed by atoms with Crippen LogP contribution in [-0.2, 0) is 6.42 Å². The molecule has 2 aromatic rings. The number of hydrogen-bond acceptors (Lipinski definition) is 5. The molecule has 0 saturated carbocycles. The van der Waals surface area contributed by atoms with E-state index in [1.807, 2.05) is 25.1 Å². The van der Waals surface area contributed by atoms with Crippen LogP contribution in [0.3, 0.4) is 0 Å². The fraction of sp³-hybridized carbons (Fsp3) is 0.500. The Morgan fingerprint density at radius 3 is 2.57 bits per heavy atom. The van der Waals surface area contributed by atoms with Gasteiger partial charge in [0.25, 0.3) is 0 Å². The largest absolute Gasteiger partial charge is 0.497 e. The zero-order valence-electron chi connectivity index (χ0n) is 17.5. The maximum atomic E-state index is 5.50. The van der Waals surface area contributed by atoms with E-state index >= 15 is 0 Å². The predicted octanol–water partition coefficient (Wildman–Crippen LogP) is 4.25. The second-order valence-corrected chi connectivity index (χ2v) is 7.51. The van der Waals surface area contributed by atoms with Gasteiger partial charge in [0, 0.05) is 30.0 Å². The summed E-state index contributed by atoms with van der Waals surface area (Å²) in [5, 5.41) is 7.87. The van der Waals surface area contributed by atoms with Crippen molar-refractivity contribution in [3.05, 3.63) is 39.3 Å². The zero-order chi connectivity index (χ0) is 19.8. The Hall–Kier alpha value is -1.55. The van der Waals surface area contributed by atoms with E-state index in [2.05, 4.69) is 36.4 Å². The molecule has 8 heteroatoms. The average molecular weight is 518 g/mol. The third-order valence-corrected chi connectivity index (χ3v) is 5.34. The summed E-state index contributed by atoms with van der Waals surface area (Å²) in [6.07, 6.45) is 0.894. The van der Waals surface area contributed by atoms with Gasteiger partial charge in [-0.3, -0.25) is 4.99 Å². The summed E-state index contributed by atoms with van der Waals surface area (Å²) in [4.78, 5) is 10.5. The Morgan fingerprint density at radius 1 is 1.25 bits per heavy atom. The Balaban J connectivity index is 0.00000392. The maximum absolute atomic E-state index is 5.50. The van der Waals surface area contributed by atoms with Crippen molar-refractivity contribution in [1.29, 1.82) is 0 Å². The smallest absolute Gasteiger partial charge is 0.191 e. The number of thiazole rings is 1. The summed E-state index contributed by atoms with van der Waals surface area (Å²) in [7, 11) is 3.34. The first kappa shape index (κ1) is 24.5. The van der Waals surface area contributed by atoms with Gasteiger partial charge in [-0.2, -0.15) is 0 Å². The van der Waals surface area contributed by atoms with Crippen LogP contribution in [0.2, 0.25) is 0 Å². The molecule has 0 aliphatic heterocycles. The Labute approximate surface area is 189 Å². The molecule has 0 aliphatic carbocycles. The van der Waals surface area contributed by atoms with Crippen molar-refractivity contribution in [2.75, 3.05) is 27.3 Å². The monoisotopic (exact) mass is 518 g/mol. The van der Waals surface area contributed by atoms with Crippen LogP contribution in [0.25, 0.3) is 0 Å². The van der Waals surface area contributed by atoms with Gasteiger partial charge in [-0.25, -0.2) is 4.98 Å². The molecule has 1 atom stereocenters. The third-order valence-electron chi connectivity index (χ3n) is 4.21. The molecule has 0 spiro atoms. The van der Waals surface area contributed by atoms with Crippen LogP contribution >= 0.6 is 35.3 Å². The number of rotatable bonds is 8. The van der Waals surface area contributed by atoms with Gasteiger partial charge in [-0.1, -0.05) is 0 Å². The van der Waals surface area contributed by atoms with Crippen LogP contribution < -0.4 is 20.1 Å². The summed E-state index contributed by atoms with van der Waals surface area (Å²) in [5.74, 6) is 2.41. The van der Waals surface area contributed by atoms with Crippen molar-refractivity contribution in [2.45, 2.75) is 40.2 Å². The van der Waals surface area contributed by atoms with Crippen molar-refractivity contribution in [1.82, 2.24) is 15.6 Å². The second-order valence-electron chi connectivity index (χ2n) is 6.23. The van der Waals surface area contributed by atoms with E-state index in [1.54, 1.807) is 25.6 Å². The lowest BCUT2D eigenvalue weighted by molar-refractivity contribution is 0.394. The van der Waals surface area contributed by atoms with Gasteiger partial charge < -0.3 is 20.1 Å². The van der Waals surface area contributed by atoms with Gasteiger partial charge in [0.15, 0.2) is 5.96 Å². The van der Waals surface area contributed by atoms with Crippen molar-refractivity contribution in [3.63, 3.8) is 0 Å². The molecule has 1 heterocycles. The van der Waals surface area contributed by atoms with Gasteiger partial charge in [0.1, 0.15) is 11.5 Å². The normalized spacial score (nSPS) is 12.1. The standard InChI is InChI=1S/C20H30N4O2S.HI/c1-7-21-20(22-11-10-19-14(3)23-15(4)27-19)24-13(2)17-12-16(25-5)8-9-18(17)26-6;/h8-9,12-13H,7,10-11H2,1-6H3,(H2,21,22,24);1H. The highest BCUT2D eigenvalue weighted by Crippen LogP contribution is 2.29. The highest BCUT2D eigenvalue weighted by Gasteiger charge is 2.14. The van der Waals surface area contributed by atoms with Crippen molar-refractivity contribution >= 4 is 41.3 Å². The summed E-state index contributed by atoms with van der Waals surface area (Å²) in [6, 6.07) is 5.82. The van der Waals surface area contributed by atoms with E-state index < -0.39 is 0 Å². The zero-order valence-corrected chi connectivity index (χ0v) is 20.6. The van der Waals surface area contributed by atoms with Gasteiger partial charge in [0.05, 0.1) is 31.0 Å². The van der Waals surface area contributed by atoms with E-state index in [9.17, 15) is 0 Å². The quantitative estimate of drug-likeness (QED) is 0.311. The van der Waals surface area contributed by atoms with Crippen molar-refractivity contribution < 1.29 is 9.47 Å². The highest BCUT2D eigenvalue weighted by molar-refractivity contribution is 14.0. The molecule has 0 saturated heterocycles. The topological polar surface area (TPSA) is 67.8 Å². The number of nitrogens with zero attached hydrogens (tertiary/aromatic N) is 2. The number of nitrogens with one attached hydrogen (secondary N) is 2. The Morgan fingerprint density at radius 2 is 2.00 bits per heavy atom. The molecule has 156 valence electrons. The van der Waals surface area contributed by atoms with Crippen LogP contribution in [0.1, 0.15) is 41.0 Å². The molecule has 0 radical (unpaired) electrons. The highest BCUT2D eigenvalue weighted by atomic mass is 127. The summed E-state index contributed by atoms with van der Waals surface area (Å²) >= 11 is 1.75. The van der Waals surface area contributed by atoms with Crippen LogP contribution in [0.4, 0.5) is 0 Å². The van der Waals surface area contributed by atoms with Crippen LogP contribution in [0, 0.1) is 13.8 Å². The number of aryl methyl sites for hydroxylation is 2. The number of ether oxygens (including phenoxy) is 2. The predicted molar refractivity (Wildman–Crippen MR) is 128 cm³/mol. The molecule has 6 nitrogen and oxygen atoms in total. The number of aromatic nitrogens is 1. The molecule has 1 unspecified atom stereocenters. The van der Waals surface area contributed by atoms with E-state index in [1.165, 1.54) is 4.88 Å². The minimum Gasteiger partial charge on any atom is -0.497 e. The molecule has 0 bridgehead atoms. The minimum atomic E-state index is 0. The molecule has 1 aromatic heterocycles. The number of halogens is 1. The first-order valence-corrected chi connectivity index (χ1v) is 9.99. The lowest BCUT2D eigenvalue weighted by Crippen LogP contribution is -2.39. The minimum absolute atomic E-state index is 0. The van der Waals surface area contributed by atoms with Crippen LogP contribution in [0.5, 0.6) is 11.5 Å². The Kier molecular flexibility index (Phi) is 10.6. The van der Waals surface area contributed by atoms with Gasteiger partial charge in [-0.05, 0) is 45.9 Å². The lowest BCUT2D eigenvalue weighted by Gasteiger charge is -2.20. The molecular weight excluding hydrogens is 487 g/mol. The maximum Gasteiger partial charge on any atom is 0.191 e. The summed E-state index contributed by atoms with van der Waals surface area (Å²) in [6.45, 7) is 9.75. The van der Waals surface area contributed by atoms with Crippen LogP contribution in [0.15, 0.2) is 23.2 Å². The number of benzene rings is 1. The molecule has 2 rings (SSSR count). The van der Waals surface area contributed by atoms with Crippen LogP contribution in [-0.4, -0.2) is 38.3 Å². The first-order valence-electron chi connectivity index (χ1n) is 9.18. The van der Waals surface area contributed by atoms with Gasteiger partial charge >= 0.3 is 0 Å². The van der Waals surface area contributed by atoms with Crippen molar-refractivity contribution in [2.24, 2.45) is 4.99 Å². The second kappa shape index (κ2) is 12.1. The number of hydrogen-bond donors (Lipinski definition) is 2. The third kappa shape index (κ3) is 6.80. The number of methoxy groups -OCH3 is 2.